The van der Waals surface area contributed by atoms with E-state index in [9.17, 15) is 0 Å². The van der Waals surface area contributed by atoms with Crippen molar-refractivity contribution in [3.05, 3.63) is 107 Å². The van der Waals surface area contributed by atoms with Crippen LogP contribution in [0.25, 0.3) is 54.2 Å². The van der Waals surface area contributed by atoms with E-state index in [1.54, 1.807) is 0 Å². The third-order valence-electron chi connectivity index (χ3n) is 7.81. The molecule has 34 heavy (non-hydrogen) atoms. The zero-order chi connectivity index (χ0) is 22.0. The largest absolute Gasteiger partial charge is 0.490 e. The highest BCUT2D eigenvalue weighted by Gasteiger charge is 2.32. The maximum atomic E-state index is 6.21. The lowest BCUT2D eigenvalue weighted by Crippen LogP contribution is -2.09. The van der Waals surface area contributed by atoms with Crippen molar-refractivity contribution in [1.82, 2.24) is 0 Å². The molecule has 2 nitrogen and oxygen atoms in total. The zero-order valence-corrected chi connectivity index (χ0v) is 18.3. The first-order valence-electron chi connectivity index (χ1n) is 11.9. The Morgan fingerprint density at radius 1 is 0.412 bits per heavy atom. The third kappa shape index (κ3) is 1.95. The van der Waals surface area contributed by atoms with Crippen molar-refractivity contribution in [2.75, 3.05) is 13.2 Å². The van der Waals surface area contributed by atoms with Crippen LogP contribution < -0.4 is 9.47 Å². The molecule has 3 aliphatic rings. The Labute approximate surface area is 195 Å². The van der Waals surface area contributed by atoms with Crippen molar-refractivity contribution < 1.29 is 9.47 Å². The molecule has 0 unspecified atom stereocenters. The Balaban J connectivity index is 1.57. The highest BCUT2D eigenvalue weighted by Crippen LogP contribution is 2.55. The minimum Gasteiger partial charge on any atom is -0.490 e. The van der Waals surface area contributed by atoms with Gasteiger partial charge in [-0.1, -0.05) is 60.7 Å². The normalized spacial score (nSPS) is 15.2. The average Bonchev–Trinajstić information content (AvgIpc) is 3.37. The molecule has 0 N–H and O–H groups in total. The topological polar surface area (TPSA) is 18.5 Å². The van der Waals surface area contributed by atoms with Gasteiger partial charge in [-0.05, 0) is 101 Å². The smallest absolute Gasteiger partial charge is 0.122 e. The van der Waals surface area contributed by atoms with Crippen molar-refractivity contribution in [3.63, 3.8) is 0 Å². The molecule has 0 spiro atoms. The fourth-order valence-corrected chi connectivity index (χ4v) is 6.56. The molecule has 158 valence electrons. The summed E-state index contributed by atoms with van der Waals surface area (Å²) < 4.78 is 12.4. The van der Waals surface area contributed by atoms with Crippen molar-refractivity contribution >= 4 is 54.2 Å². The number of fused-ring (bicyclic) bond motifs is 4. The molecule has 0 atom stereocenters. The van der Waals surface area contributed by atoms with Crippen molar-refractivity contribution in [3.8, 4) is 11.5 Å². The summed E-state index contributed by atoms with van der Waals surface area (Å²) in [5.74, 6) is 1.80. The Bertz CT molecular complexity index is 1820. The van der Waals surface area contributed by atoms with Gasteiger partial charge in [-0.3, -0.25) is 0 Å². The van der Waals surface area contributed by atoms with Crippen molar-refractivity contribution in [2.45, 2.75) is 0 Å². The fourth-order valence-electron chi connectivity index (χ4n) is 6.56. The summed E-state index contributed by atoms with van der Waals surface area (Å²) in [7, 11) is 0. The quantitative estimate of drug-likeness (QED) is 0.228. The van der Waals surface area contributed by atoms with Crippen molar-refractivity contribution in [2.24, 2.45) is 0 Å². The van der Waals surface area contributed by atoms with Gasteiger partial charge in [0.15, 0.2) is 0 Å². The van der Waals surface area contributed by atoms with Crippen LogP contribution in [0.1, 0.15) is 22.3 Å². The standard InChI is InChI=1S/C32H18O2/c1-3-17-7-9-19-13-21-15-25-29(19)27(17)23(5-1)31(25)32-24-6-2-4-18-8-10-20-14-22(34-12-11-33-21)16-26(32)30(20)28(18)24/h1-10,13-16H,11-12H2. The molecule has 2 aliphatic carbocycles. The average molecular weight is 434 g/mol. The maximum absolute atomic E-state index is 6.21. The monoisotopic (exact) mass is 434 g/mol. The van der Waals surface area contributed by atoms with Crippen LogP contribution in [-0.2, 0) is 0 Å². The summed E-state index contributed by atoms with van der Waals surface area (Å²) in [4.78, 5) is 0. The molecule has 6 aromatic rings. The lowest BCUT2D eigenvalue weighted by atomic mass is 9.90. The van der Waals surface area contributed by atoms with Crippen LogP contribution in [0.2, 0.25) is 0 Å². The summed E-state index contributed by atoms with van der Waals surface area (Å²) in [5.41, 5.74) is 7.80. The molecule has 0 radical (unpaired) electrons. The van der Waals surface area contributed by atoms with Crippen LogP contribution >= 0.6 is 0 Å². The third-order valence-corrected chi connectivity index (χ3v) is 7.81. The Morgan fingerprint density at radius 2 is 0.853 bits per heavy atom. The van der Waals surface area contributed by atoms with Gasteiger partial charge in [-0.25, -0.2) is 0 Å². The van der Waals surface area contributed by atoms with Crippen LogP contribution in [-0.4, -0.2) is 13.2 Å². The van der Waals surface area contributed by atoms with E-state index in [-0.39, 0.29) is 0 Å². The highest BCUT2D eigenvalue weighted by atomic mass is 16.5. The van der Waals surface area contributed by atoms with E-state index in [1.807, 2.05) is 0 Å². The minimum absolute atomic E-state index is 0.513. The summed E-state index contributed by atoms with van der Waals surface area (Å²) in [5, 5.41) is 10.4. The molecular weight excluding hydrogens is 416 g/mol. The number of hydrogen-bond donors (Lipinski definition) is 0. The molecule has 6 aromatic carbocycles. The van der Waals surface area contributed by atoms with Crippen LogP contribution in [0, 0.1) is 0 Å². The predicted molar refractivity (Wildman–Crippen MR) is 139 cm³/mol. The van der Waals surface area contributed by atoms with E-state index in [4.69, 9.17) is 9.47 Å². The molecule has 0 saturated carbocycles. The van der Waals surface area contributed by atoms with Gasteiger partial charge in [0.25, 0.3) is 0 Å². The Hall–Kier alpha value is -4.30. The second kappa shape index (κ2) is 5.78. The molecule has 0 saturated heterocycles. The van der Waals surface area contributed by atoms with Crippen molar-refractivity contribution in [1.29, 1.82) is 0 Å². The lowest BCUT2D eigenvalue weighted by Gasteiger charge is -2.16. The van der Waals surface area contributed by atoms with Gasteiger partial charge in [0.2, 0.25) is 0 Å². The SMILES string of the molecule is c1cc2c3c(c1)ccc1cc4cc(c13)C2=C1c2cccc3ccc5cc(cc1c5c23)OCCO4. The first-order chi connectivity index (χ1) is 16.8. The first-order valence-corrected chi connectivity index (χ1v) is 11.9. The zero-order valence-electron chi connectivity index (χ0n) is 18.3. The molecule has 2 heteroatoms. The van der Waals surface area contributed by atoms with E-state index in [2.05, 4.69) is 84.9 Å². The molecule has 4 bridgehead atoms. The second-order valence-corrected chi connectivity index (χ2v) is 9.52. The molecule has 1 heterocycles. The molecule has 0 amide bonds. The van der Waals surface area contributed by atoms with E-state index in [1.165, 1.54) is 76.5 Å². The van der Waals surface area contributed by atoms with E-state index >= 15 is 0 Å². The second-order valence-electron chi connectivity index (χ2n) is 9.52. The fraction of sp³-hybridized carbons (Fsp3) is 0.0625. The van der Waals surface area contributed by atoms with Crippen LogP contribution in [0.4, 0.5) is 0 Å². The summed E-state index contributed by atoms with van der Waals surface area (Å²) in [6.45, 7) is 1.03. The van der Waals surface area contributed by atoms with Crippen LogP contribution in [0.3, 0.4) is 0 Å². The summed E-state index contributed by atoms with van der Waals surface area (Å²) >= 11 is 0. The molecule has 0 fully saturated rings. The van der Waals surface area contributed by atoms with E-state index in [0.29, 0.717) is 13.2 Å². The van der Waals surface area contributed by atoms with Crippen LogP contribution in [0.15, 0.2) is 84.9 Å². The first kappa shape index (κ1) is 17.2. The Kier molecular flexibility index (Phi) is 2.93. The lowest BCUT2D eigenvalue weighted by molar-refractivity contribution is 0.217. The van der Waals surface area contributed by atoms with E-state index < -0.39 is 0 Å². The van der Waals surface area contributed by atoms with Gasteiger partial charge >= 0.3 is 0 Å². The minimum atomic E-state index is 0.513. The van der Waals surface area contributed by atoms with Crippen LogP contribution in [0.5, 0.6) is 11.5 Å². The molecule has 9 rings (SSSR count). The van der Waals surface area contributed by atoms with Gasteiger partial charge in [0, 0.05) is 0 Å². The van der Waals surface area contributed by atoms with Gasteiger partial charge in [0.1, 0.15) is 24.7 Å². The van der Waals surface area contributed by atoms with Gasteiger partial charge in [0.05, 0.1) is 0 Å². The van der Waals surface area contributed by atoms with Gasteiger partial charge in [-0.15, -0.1) is 0 Å². The van der Waals surface area contributed by atoms with Gasteiger partial charge in [-0.2, -0.15) is 0 Å². The number of hydrogen-bond acceptors (Lipinski definition) is 2. The summed E-state index contributed by atoms with van der Waals surface area (Å²) in [6, 6.07) is 31.2. The van der Waals surface area contributed by atoms with Gasteiger partial charge < -0.3 is 9.47 Å². The molecule has 0 aromatic heterocycles. The number of rotatable bonds is 0. The van der Waals surface area contributed by atoms with E-state index in [0.717, 1.165) is 11.5 Å². The molecule has 1 aliphatic heterocycles. The predicted octanol–water partition coefficient (Wildman–Crippen LogP) is 7.70. The maximum Gasteiger partial charge on any atom is 0.122 e. The highest BCUT2D eigenvalue weighted by molar-refractivity contribution is 6.33. The number of ether oxygens (including phenoxy) is 2. The Morgan fingerprint density at radius 3 is 1.35 bits per heavy atom. The summed E-state index contributed by atoms with van der Waals surface area (Å²) in [6.07, 6.45) is 0. The molecular formula is C32H18O2. The number of benzene rings is 6.